The van der Waals surface area contributed by atoms with Crippen molar-refractivity contribution in [2.45, 2.75) is 19.6 Å². The van der Waals surface area contributed by atoms with Crippen molar-refractivity contribution < 1.29 is 0 Å². The van der Waals surface area contributed by atoms with Crippen molar-refractivity contribution in [3.8, 4) is 9.75 Å². The molecule has 5 heteroatoms. The van der Waals surface area contributed by atoms with Crippen molar-refractivity contribution in [3.63, 3.8) is 0 Å². The first-order valence-electron chi connectivity index (χ1n) is 4.93. The maximum atomic E-state index is 3.68. The summed E-state index contributed by atoms with van der Waals surface area (Å²) in [5, 5.41) is 2.12. The van der Waals surface area contributed by atoms with Gasteiger partial charge in [0.05, 0.1) is 17.8 Å². The summed E-state index contributed by atoms with van der Waals surface area (Å²) in [6.45, 7) is 7.16. The molecule has 0 aliphatic rings. The van der Waals surface area contributed by atoms with Crippen molar-refractivity contribution in [1.82, 2.24) is 0 Å². The second-order valence-corrected chi connectivity index (χ2v) is 13.7. The Morgan fingerprint density at radius 1 is 1.06 bits per heavy atom. The van der Waals surface area contributed by atoms with E-state index in [1.165, 1.54) is 18.7 Å². The molecule has 2 aromatic heterocycles. The van der Waals surface area contributed by atoms with E-state index < -0.39 is 8.07 Å². The summed E-state index contributed by atoms with van der Waals surface area (Å²) in [7, 11) is -1.20. The van der Waals surface area contributed by atoms with E-state index in [2.05, 4.69) is 69.0 Å². The summed E-state index contributed by atoms with van der Waals surface area (Å²) in [6, 6.07) is 4.42. The number of halogens is 2. The van der Waals surface area contributed by atoms with E-state index in [0.717, 1.165) is 0 Å². The van der Waals surface area contributed by atoms with Crippen molar-refractivity contribution in [2.75, 3.05) is 0 Å². The van der Waals surface area contributed by atoms with Crippen LogP contribution in [-0.2, 0) is 0 Å². The first kappa shape index (κ1) is 13.0. The lowest BCUT2D eigenvalue weighted by Gasteiger charge is -2.12. The van der Waals surface area contributed by atoms with Crippen LogP contribution in [0.25, 0.3) is 9.75 Å². The van der Waals surface area contributed by atoms with Crippen LogP contribution in [0, 0.1) is 0 Å². The summed E-state index contributed by atoms with van der Waals surface area (Å²) in [5.41, 5.74) is 0. The fourth-order valence-electron chi connectivity index (χ4n) is 1.35. The van der Waals surface area contributed by atoms with Gasteiger partial charge in [-0.2, -0.15) is 0 Å². The van der Waals surface area contributed by atoms with Gasteiger partial charge in [0.1, 0.15) is 0 Å². The highest BCUT2D eigenvalue weighted by atomic mass is 79.9. The SMILES string of the molecule is C[Si](C)(C)c1cc(Br)c(-c2sccc2Br)s1. The second-order valence-electron chi connectivity index (χ2n) is 4.64. The average molecular weight is 396 g/mol. The quantitative estimate of drug-likeness (QED) is 0.585. The van der Waals surface area contributed by atoms with Crippen LogP contribution >= 0.6 is 54.5 Å². The lowest BCUT2D eigenvalue weighted by Crippen LogP contribution is -2.34. The normalized spacial score (nSPS) is 12.1. The molecule has 86 valence electrons. The van der Waals surface area contributed by atoms with E-state index in [9.17, 15) is 0 Å². The van der Waals surface area contributed by atoms with Gasteiger partial charge >= 0.3 is 0 Å². The molecule has 0 nitrogen and oxygen atoms in total. The Balaban J connectivity index is 2.52. The third kappa shape index (κ3) is 2.53. The number of hydrogen-bond acceptors (Lipinski definition) is 2. The van der Waals surface area contributed by atoms with Gasteiger partial charge in [-0.25, -0.2) is 0 Å². The van der Waals surface area contributed by atoms with Crippen molar-refractivity contribution in [3.05, 3.63) is 26.5 Å². The van der Waals surface area contributed by atoms with E-state index in [0.29, 0.717) is 0 Å². The van der Waals surface area contributed by atoms with Crippen LogP contribution in [0.5, 0.6) is 0 Å². The van der Waals surface area contributed by atoms with E-state index >= 15 is 0 Å². The average Bonchev–Trinajstić information content (AvgIpc) is 2.70. The van der Waals surface area contributed by atoms with Gasteiger partial charge in [0.2, 0.25) is 0 Å². The zero-order chi connectivity index (χ0) is 11.9. The highest BCUT2D eigenvalue weighted by molar-refractivity contribution is 9.11. The minimum Gasteiger partial charge on any atom is -0.143 e. The molecule has 0 N–H and O–H groups in total. The predicted octanol–water partition coefficient (Wildman–Crippen LogP) is 5.55. The molecule has 2 aromatic rings. The number of thiophene rings is 2. The molecular formula is C11H12Br2S2Si. The molecule has 16 heavy (non-hydrogen) atoms. The molecule has 0 aliphatic heterocycles. The zero-order valence-corrected chi connectivity index (χ0v) is 15.1. The van der Waals surface area contributed by atoms with Crippen LogP contribution in [0.1, 0.15) is 0 Å². The molecule has 2 rings (SSSR count). The minimum absolute atomic E-state index is 1.20. The largest absolute Gasteiger partial charge is 0.143 e. The summed E-state index contributed by atoms with van der Waals surface area (Å²) in [5.74, 6) is 0. The van der Waals surface area contributed by atoms with Crippen LogP contribution in [0.3, 0.4) is 0 Å². The van der Waals surface area contributed by atoms with Crippen LogP contribution in [-0.4, -0.2) is 8.07 Å². The van der Waals surface area contributed by atoms with Crippen LogP contribution in [0.2, 0.25) is 19.6 Å². The summed E-state index contributed by atoms with van der Waals surface area (Å²) >= 11 is 11.0. The molecule has 0 spiro atoms. The Bertz CT molecular complexity index is 508. The van der Waals surface area contributed by atoms with Gasteiger partial charge in [-0.3, -0.25) is 0 Å². The predicted molar refractivity (Wildman–Crippen MR) is 86.0 cm³/mol. The van der Waals surface area contributed by atoms with Gasteiger partial charge in [-0.1, -0.05) is 19.6 Å². The smallest absolute Gasteiger partial charge is 0.0904 e. The third-order valence-electron chi connectivity index (χ3n) is 2.25. The van der Waals surface area contributed by atoms with Crippen LogP contribution in [0.4, 0.5) is 0 Å². The molecule has 0 atom stereocenters. The van der Waals surface area contributed by atoms with Gasteiger partial charge < -0.3 is 0 Å². The Morgan fingerprint density at radius 3 is 2.19 bits per heavy atom. The van der Waals surface area contributed by atoms with Gasteiger partial charge in [0.15, 0.2) is 0 Å². The first-order chi connectivity index (χ1) is 7.39. The first-order valence-corrected chi connectivity index (χ1v) is 11.7. The van der Waals surface area contributed by atoms with E-state index in [1.54, 1.807) is 15.8 Å². The Hall–Kier alpha value is 0.577. The number of hydrogen-bond donors (Lipinski definition) is 0. The Morgan fingerprint density at radius 2 is 1.75 bits per heavy atom. The molecule has 0 saturated heterocycles. The van der Waals surface area contributed by atoms with E-state index in [1.807, 2.05) is 11.3 Å². The van der Waals surface area contributed by atoms with E-state index in [-0.39, 0.29) is 0 Å². The standard InChI is InChI=1S/C11H12Br2S2Si/c1-16(2,3)9-6-8(13)11(15-9)10-7(12)4-5-14-10/h4-6H,1-3H3. The lowest BCUT2D eigenvalue weighted by molar-refractivity contribution is 1.77. The lowest BCUT2D eigenvalue weighted by atomic mass is 10.4. The highest BCUT2D eigenvalue weighted by Gasteiger charge is 2.22. The minimum atomic E-state index is -1.20. The fourth-order valence-corrected chi connectivity index (χ4v) is 7.30. The molecule has 0 radical (unpaired) electrons. The van der Waals surface area contributed by atoms with Gasteiger partial charge in [0.25, 0.3) is 0 Å². The molecule has 2 heterocycles. The third-order valence-corrected chi connectivity index (χ3v) is 9.85. The molecule has 0 aromatic carbocycles. The maximum absolute atomic E-state index is 3.68. The van der Waals surface area contributed by atoms with E-state index in [4.69, 9.17) is 0 Å². The molecule has 0 saturated carbocycles. The van der Waals surface area contributed by atoms with Gasteiger partial charge in [-0.05, 0) is 53.9 Å². The Labute approximate surface area is 122 Å². The van der Waals surface area contributed by atoms with Crippen molar-refractivity contribution >= 4 is 67.1 Å². The van der Waals surface area contributed by atoms with Crippen molar-refractivity contribution in [2.24, 2.45) is 0 Å². The van der Waals surface area contributed by atoms with Crippen LogP contribution in [0.15, 0.2) is 26.5 Å². The second kappa shape index (κ2) is 4.69. The Kier molecular flexibility index (Phi) is 3.81. The molecule has 0 bridgehead atoms. The van der Waals surface area contributed by atoms with Gasteiger partial charge in [0, 0.05) is 8.95 Å². The maximum Gasteiger partial charge on any atom is 0.0904 e. The fraction of sp³-hybridized carbons (Fsp3) is 0.273. The molecule has 0 aliphatic carbocycles. The molecule has 0 fully saturated rings. The molecular weight excluding hydrogens is 384 g/mol. The number of rotatable bonds is 2. The monoisotopic (exact) mass is 394 g/mol. The summed E-state index contributed by atoms with van der Waals surface area (Å²) < 4.78 is 3.98. The summed E-state index contributed by atoms with van der Waals surface area (Å²) in [4.78, 5) is 2.70. The zero-order valence-electron chi connectivity index (χ0n) is 9.30. The van der Waals surface area contributed by atoms with Crippen molar-refractivity contribution in [1.29, 1.82) is 0 Å². The highest BCUT2D eigenvalue weighted by Crippen LogP contribution is 2.41. The summed E-state index contributed by atoms with van der Waals surface area (Å²) in [6.07, 6.45) is 0. The van der Waals surface area contributed by atoms with Gasteiger partial charge in [-0.15, -0.1) is 22.7 Å². The topological polar surface area (TPSA) is 0 Å². The van der Waals surface area contributed by atoms with Crippen LogP contribution < -0.4 is 4.50 Å². The molecule has 0 unspecified atom stereocenters. The molecule has 0 amide bonds.